The molecule has 78 valence electrons. The number of hydrogen-bond acceptors (Lipinski definition) is 4. The highest BCUT2D eigenvalue weighted by molar-refractivity contribution is 7.13. The van der Waals surface area contributed by atoms with Crippen LogP contribution in [0.1, 0.15) is 20.4 Å². The molecule has 1 aromatic heterocycles. The normalized spacial score (nSPS) is 15.8. The van der Waals surface area contributed by atoms with E-state index in [1.807, 2.05) is 7.05 Å². The molecule has 0 aliphatic carbocycles. The van der Waals surface area contributed by atoms with Crippen LogP contribution in [-0.4, -0.2) is 34.6 Å². The monoisotopic (exact) mass is 234 g/mol. The number of thiazole rings is 1. The first-order valence-electron chi connectivity index (χ1n) is 4.07. The first-order valence-corrected chi connectivity index (χ1v) is 4.89. The fraction of sp³-hybridized carbons (Fsp3) is 0.500. The van der Waals surface area contributed by atoms with Gasteiger partial charge in [-0.2, -0.15) is 0 Å². The lowest BCUT2D eigenvalue weighted by atomic mass is 10.2. The van der Waals surface area contributed by atoms with Gasteiger partial charge in [-0.05, 0) is 7.05 Å². The van der Waals surface area contributed by atoms with Crippen molar-refractivity contribution in [3.63, 3.8) is 0 Å². The van der Waals surface area contributed by atoms with Gasteiger partial charge in [0, 0.05) is 24.4 Å². The van der Waals surface area contributed by atoms with Crippen molar-refractivity contribution in [2.24, 2.45) is 0 Å². The Morgan fingerprint density at radius 2 is 2.36 bits per heavy atom. The van der Waals surface area contributed by atoms with Gasteiger partial charge in [0.15, 0.2) is 0 Å². The van der Waals surface area contributed by atoms with Crippen molar-refractivity contribution in [1.29, 1.82) is 0 Å². The van der Waals surface area contributed by atoms with Gasteiger partial charge in [0.05, 0.1) is 5.69 Å². The highest BCUT2D eigenvalue weighted by Crippen LogP contribution is 2.24. The smallest absolute Gasteiger partial charge is 0.365 e. The third kappa shape index (κ3) is 2.05. The number of rotatable bonds is 1. The van der Waals surface area contributed by atoms with Crippen molar-refractivity contribution >= 4 is 29.7 Å². The Morgan fingerprint density at radius 3 is 3.00 bits per heavy atom. The van der Waals surface area contributed by atoms with E-state index in [9.17, 15) is 4.79 Å². The molecular formula is C8H11ClN2O2S. The number of likely N-dealkylation sites (N-methyl/N-ethyl adjacent to an activating group) is 1. The molecule has 4 nitrogen and oxygen atoms in total. The van der Waals surface area contributed by atoms with E-state index in [-0.39, 0.29) is 17.4 Å². The van der Waals surface area contributed by atoms with E-state index in [1.165, 1.54) is 11.3 Å². The summed E-state index contributed by atoms with van der Waals surface area (Å²) in [5.74, 6) is -0.915. The first kappa shape index (κ1) is 11.4. The van der Waals surface area contributed by atoms with Crippen LogP contribution in [0.2, 0.25) is 0 Å². The fourth-order valence-electron chi connectivity index (χ4n) is 1.41. The number of nitrogens with zero attached hydrogens (tertiary/aromatic N) is 2. The van der Waals surface area contributed by atoms with Crippen molar-refractivity contribution in [3.05, 3.63) is 15.6 Å². The molecule has 1 aromatic rings. The van der Waals surface area contributed by atoms with E-state index in [0.29, 0.717) is 0 Å². The van der Waals surface area contributed by atoms with E-state index in [1.54, 1.807) is 0 Å². The molecule has 2 rings (SSSR count). The average molecular weight is 235 g/mol. The first-order chi connectivity index (χ1) is 6.16. The molecule has 0 amide bonds. The van der Waals surface area contributed by atoms with E-state index in [2.05, 4.69) is 9.88 Å². The summed E-state index contributed by atoms with van der Waals surface area (Å²) in [5, 5.41) is 8.96. The predicted molar refractivity (Wildman–Crippen MR) is 56.4 cm³/mol. The molecule has 14 heavy (non-hydrogen) atoms. The summed E-state index contributed by atoms with van der Waals surface area (Å²) in [4.78, 5) is 18.0. The lowest BCUT2D eigenvalue weighted by Gasteiger charge is -2.20. The number of carboxylic acid groups (broad SMARTS) is 1. The van der Waals surface area contributed by atoms with Crippen LogP contribution in [0.15, 0.2) is 0 Å². The second-order valence-corrected chi connectivity index (χ2v) is 4.27. The van der Waals surface area contributed by atoms with Crippen molar-refractivity contribution < 1.29 is 9.90 Å². The van der Waals surface area contributed by atoms with Gasteiger partial charge in [0.2, 0.25) is 5.01 Å². The number of halogens is 1. The Balaban J connectivity index is 0.000000980. The Hall–Kier alpha value is -0.650. The lowest BCUT2D eigenvalue weighted by molar-refractivity contribution is 0.0696. The van der Waals surface area contributed by atoms with Crippen molar-refractivity contribution in [2.45, 2.75) is 13.0 Å². The molecule has 0 spiro atoms. The van der Waals surface area contributed by atoms with Gasteiger partial charge >= 0.3 is 5.97 Å². The number of carboxylic acids is 1. The number of aromatic nitrogens is 1. The topological polar surface area (TPSA) is 53.4 Å². The highest BCUT2D eigenvalue weighted by atomic mass is 35.5. The molecule has 0 saturated heterocycles. The van der Waals surface area contributed by atoms with Gasteiger partial charge in [0.1, 0.15) is 0 Å². The SMILES string of the molecule is CN1CCc2nc(C(=O)O)sc2C1.Cl. The zero-order valence-electron chi connectivity index (χ0n) is 7.69. The van der Waals surface area contributed by atoms with Crippen molar-refractivity contribution in [2.75, 3.05) is 13.6 Å². The summed E-state index contributed by atoms with van der Waals surface area (Å²) in [7, 11) is 2.03. The van der Waals surface area contributed by atoms with Crippen LogP contribution in [0.5, 0.6) is 0 Å². The van der Waals surface area contributed by atoms with E-state index in [0.717, 1.165) is 30.1 Å². The van der Waals surface area contributed by atoms with Gasteiger partial charge in [-0.1, -0.05) is 0 Å². The zero-order chi connectivity index (χ0) is 9.42. The summed E-state index contributed by atoms with van der Waals surface area (Å²) in [5.41, 5.74) is 0.973. The number of hydrogen-bond donors (Lipinski definition) is 1. The third-order valence-corrected chi connectivity index (χ3v) is 3.18. The Morgan fingerprint density at radius 1 is 1.64 bits per heavy atom. The standard InChI is InChI=1S/C8H10N2O2S.ClH/c1-10-3-2-5-6(4-10)13-7(9-5)8(11)12;/h2-4H2,1H3,(H,11,12);1H. The summed E-state index contributed by atoms with van der Waals surface area (Å²) in [6.07, 6.45) is 0.871. The maximum Gasteiger partial charge on any atom is 0.365 e. The van der Waals surface area contributed by atoms with Crippen LogP contribution >= 0.6 is 23.7 Å². The Bertz CT molecular complexity index is 353. The van der Waals surface area contributed by atoms with E-state index >= 15 is 0 Å². The van der Waals surface area contributed by atoms with Gasteiger partial charge in [0.25, 0.3) is 0 Å². The molecule has 0 aromatic carbocycles. The van der Waals surface area contributed by atoms with Crippen LogP contribution in [0.4, 0.5) is 0 Å². The molecule has 0 bridgehead atoms. The highest BCUT2D eigenvalue weighted by Gasteiger charge is 2.20. The predicted octanol–water partition coefficient (Wildman–Crippen LogP) is 1.25. The van der Waals surface area contributed by atoms with Crippen molar-refractivity contribution in [1.82, 2.24) is 9.88 Å². The minimum absolute atomic E-state index is 0. The number of carbonyl (C=O) groups is 1. The lowest BCUT2D eigenvalue weighted by Crippen LogP contribution is -2.25. The third-order valence-electron chi connectivity index (χ3n) is 2.11. The molecule has 0 unspecified atom stereocenters. The molecule has 2 heterocycles. The molecule has 0 atom stereocenters. The van der Waals surface area contributed by atoms with Crippen LogP contribution < -0.4 is 0 Å². The molecular weight excluding hydrogens is 224 g/mol. The van der Waals surface area contributed by atoms with E-state index < -0.39 is 5.97 Å². The summed E-state index contributed by atoms with van der Waals surface area (Å²) in [6, 6.07) is 0. The minimum atomic E-state index is -0.915. The molecule has 6 heteroatoms. The van der Waals surface area contributed by atoms with Crippen molar-refractivity contribution in [3.8, 4) is 0 Å². The minimum Gasteiger partial charge on any atom is -0.476 e. The molecule has 0 radical (unpaired) electrons. The maximum absolute atomic E-state index is 10.6. The van der Waals surface area contributed by atoms with Crippen LogP contribution in [-0.2, 0) is 13.0 Å². The van der Waals surface area contributed by atoms with Gasteiger partial charge in [-0.3, -0.25) is 0 Å². The van der Waals surface area contributed by atoms with Gasteiger partial charge in [-0.25, -0.2) is 9.78 Å². The number of aromatic carboxylic acids is 1. The summed E-state index contributed by atoms with van der Waals surface area (Å²) >= 11 is 1.29. The average Bonchev–Trinajstić information content (AvgIpc) is 2.46. The van der Waals surface area contributed by atoms with Crippen LogP contribution in [0.3, 0.4) is 0 Å². The molecule has 0 saturated carbocycles. The quantitative estimate of drug-likeness (QED) is 0.795. The zero-order valence-corrected chi connectivity index (χ0v) is 9.32. The second kappa shape index (κ2) is 4.25. The second-order valence-electron chi connectivity index (χ2n) is 3.18. The Labute approximate surface area is 92.0 Å². The molecule has 0 fully saturated rings. The van der Waals surface area contributed by atoms with Crippen LogP contribution in [0, 0.1) is 0 Å². The molecule has 1 aliphatic rings. The number of fused-ring (bicyclic) bond motifs is 1. The van der Waals surface area contributed by atoms with E-state index in [4.69, 9.17) is 5.11 Å². The van der Waals surface area contributed by atoms with Gasteiger partial charge in [-0.15, -0.1) is 23.7 Å². The largest absolute Gasteiger partial charge is 0.476 e. The molecule has 1 aliphatic heterocycles. The fourth-order valence-corrected chi connectivity index (χ4v) is 2.44. The molecule has 1 N–H and O–H groups in total. The van der Waals surface area contributed by atoms with Crippen LogP contribution in [0.25, 0.3) is 0 Å². The maximum atomic E-state index is 10.6. The van der Waals surface area contributed by atoms with Gasteiger partial charge < -0.3 is 10.0 Å². The Kier molecular flexibility index (Phi) is 3.47. The summed E-state index contributed by atoms with van der Waals surface area (Å²) < 4.78 is 0. The summed E-state index contributed by atoms with van der Waals surface area (Å²) in [6.45, 7) is 1.80.